The molecule has 0 saturated heterocycles. The van der Waals surface area contributed by atoms with Crippen LogP contribution in [0.1, 0.15) is 10.4 Å². The maximum atomic E-state index is 5.58. The Balaban J connectivity index is 1.58. The predicted octanol–water partition coefficient (Wildman–Crippen LogP) is 2.88. The summed E-state index contributed by atoms with van der Waals surface area (Å²) in [5.74, 6) is 1.70. The quantitative estimate of drug-likeness (QED) is 0.932. The number of thiazole rings is 1. The van der Waals surface area contributed by atoms with Crippen LogP contribution in [0.2, 0.25) is 0 Å². The maximum Gasteiger partial charge on any atom is 0.182 e. The molecule has 19 heavy (non-hydrogen) atoms. The number of aryl methyl sites for hydroxylation is 1. The molecule has 0 radical (unpaired) electrons. The zero-order valence-corrected chi connectivity index (χ0v) is 11.6. The lowest BCUT2D eigenvalue weighted by Crippen LogP contribution is -2.15. The van der Waals surface area contributed by atoms with Crippen LogP contribution in [0, 0.1) is 6.92 Å². The van der Waals surface area contributed by atoms with Gasteiger partial charge < -0.3 is 14.8 Å². The number of aromatic nitrogens is 1. The molecule has 2 aromatic rings. The Kier molecular flexibility index (Phi) is 3.55. The topological polar surface area (TPSA) is 43.4 Å². The molecule has 100 valence electrons. The molecule has 0 atom stereocenters. The van der Waals surface area contributed by atoms with E-state index in [1.165, 1.54) is 10.4 Å². The van der Waals surface area contributed by atoms with Crippen LogP contribution >= 0.6 is 11.3 Å². The normalized spacial score (nSPS) is 13.3. The van der Waals surface area contributed by atoms with E-state index in [1.54, 1.807) is 11.3 Å². The molecule has 0 unspecified atom stereocenters. The number of nitrogens with zero attached hydrogens (tertiary/aromatic N) is 1. The lowest BCUT2D eigenvalue weighted by molar-refractivity contribution is 0.171. The Morgan fingerprint density at radius 1 is 1.26 bits per heavy atom. The third kappa shape index (κ3) is 2.98. The van der Waals surface area contributed by atoms with Gasteiger partial charge in [-0.05, 0) is 31.0 Å². The lowest BCUT2D eigenvalue weighted by atomic mass is 10.1. The zero-order valence-electron chi connectivity index (χ0n) is 10.8. The van der Waals surface area contributed by atoms with Crippen molar-refractivity contribution < 1.29 is 9.47 Å². The monoisotopic (exact) mass is 276 g/mol. The van der Waals surface area contributed by atoms with Crippen molar-refractivity contribution >= 4 is 16.5 Å². The Labute approximate surface area is 116 Å². The second kappa shape index (κ2) is 5.48. The molecule has 0 saturated carbocycles. The molecule has 2 heterocycles. The average molecular weight is 276 g/mol. The van der Waals surface area contributed by atoms with E-state index in [1.807, 2.05) is 12.3 Å². The van der Waals surface area contributed by atoms with Crippen LogP contribution in [0.5, 0.6) is 11.5 Å². The summed E-state index contributed by atoms with van der Waals surface area (Å²) in [6.07, 6.45) is 2.83. The highest BCUT2D eigenvalue weighted by molar-refractivity contribution is 7.15. The molecule has 1 N–H and O–H groups in total. The smallest absolute Gasteiger partial charge is 0.182 e. The molecular weight excluding hydrogens is 260 g/mol. The minimum atomic E-state index is 0.632. The van der Waals surface area contributed by atoms with E-state index >= 15 is 0 Å². The molecule has 0 bridgehead atoms. The van der Waals surface area contributed by atoms with Gasteiger partial charge in [0.1, 0.15) is 13.2 Å². The minimum Gasteiger partial charge on any atom is -0.486 e. The Morgan fingerprint density at radius 3 is 2.89 bits per heavy atom. The summed E-state index contributed by atoms with van der Waals surface area (Å²) >= 11 is 1.68. The Morgan fingerprint density at radius 2 is 2.11 bits per heavy atom. The first-order chi connectivity index (χ1) is 9.31. The van der Waals surface area contributed by atoms with E-state index in [0.29, 0.717) is 13.2 Å². The maximum absolute atomic E-state index is 5.58. The number of rotatable bonds is 4. The van der Waals surface area contributed by atoms with Gasteiger partial charge in [-0.25, -0.2) is 4.98 Å². The van der Waals surface area contributed by atoms with Crippen molar-refractivity contribution in [2.24, 2.45) is 0 Å². The molecular formula is C14H16N2O2S. The van der Waals surface area contributed by atoms with Gasteiger partial charge in [0, 0.05) is 17.6 Å². The first-order valence-electron chi connectivity index (χ1n) is 6.36. The Hall–Kier alpha value is -1.75. The zero-order chi connectivity index (χ0) is 13.1. The van der Waals surface area contributed by atoms with E-state index in [-0.39, 0.29) is 0 Å². The molecule has 0 fully saturated rings. The summed E-state index contributed by atoms with van der Waals surface area (Å²) in [7, 11) is 0. The molecule has 4 nitrogen and oxygen atoms in total. The summed E-state index contributed by atoms with van der Waals surface area (Å²) in [6, 6.07) is 6.13. The van der Waals surface area contributed by atoms with E-state index in [4.69, 9.17) is 9.47 Å². The van der Waals surface area contributed by atoms with Crippen LogP contribution in [0.4, 0.5) is 5.13 Å². The van der Waals surface area contributed by atoms with E-state index in [9.17, 15) is 0 Å². The molecule has 3 rings (SSSR count). The highest BCUT2D eigenvalue weighted by atomic mass is 32.1. The van der Waals surface area contributed by atoms with Gasteiger partial charge in [-0.3, -0.25) is 0 Å². The number of benzene rings is 1. The van der Waals surface area contributed by atoms with Gasteiger partial charge in [0.15, 0.2) is 16.6 Å². The first-order valence-corrected chi connectivity index (χ1v) is 7.18. The standard InChI is InChI=1S/C14H16N2O2S/c1-10-9-16-14(19-10)15-5-4-11-2-3-12-13(8-11)18-7-6-17-12/h2-3,8-9H,4-7H2,1H3,(H,15,16). The van der Waals surface area contributed by atoms with Crippen LogP contribution in [0.3, 0.4) is 0 Å². The molecule has 0 amide bonds. The summed E-state index contributed by atoms with van der Waals surface area (Å²) in [6.45, 7) is 4.20. The number of anilines is 1. The summed E-state index contributed by atoms with van der Waals surface area (Å²) in [4.78, 5) is 5.50. The number of hydrogen-bond donors (Lipinski definition) is 1. The van der Waals surface area contributed by atoms with E-state index in [0.717, 1.165) is 29.6 Å². The number of nitrogens with one attached hydrogen (secondary N) is 1. The van der Waals surface area contributed by atoms with Crippen LogP contribution < -0.4 is 14.8 Å². The van der Waals surface area contributed by atoms with E-state index < -0.39 is 0 Å². The largest absolute Gasteiger partial charge is 0.486 e. The highest BCUT2D eigenvalue weighted by Gasteiger charge is 2.11. The number of hydrogen-bond acceptors (Lipinski definition) is 5. The minimum absolute atomic E-state index is 0.632. The van der Waals surface area contributed by atoms with Crippen molar-refractivity contribution in [3.63, 3.8) is 0 Å². The fraction of sp³-hybridized carbons (Fsp3) is 0.357. The van der Waals surface area contributed by atoms with Crippen molar-refractivity contribution in [1.29, 1.82) is 0 Å². The fourth-order valence-electron chi connectivity index (χ4n) is 1.99. The van der Waals surface area contributed by atoms with Gasteiger partial charge in [-0.2, -0.15) is 0 Å². The van der Waals surface area contributed by atoms with Crippen molar-refractivity contribution in [2.45, 2.75) is 13.3 Å². The molecule has 1 aliphatic rings. The molecule has 1 aromatic carbocycles. The molecule has 5 heteroatoms. The SMILES string of the molecule is Cc1cnc(NCCc2ccc3c(c2)OCCO3)s1. The molecule has 0 spiro atoms. The average Bonchev–Trinajstić information content (AvgIpc) is 2.84. The van der Waals surface area contributed by atoms with Crippen molar-refractivity contribution in [2.75, 3.05) is 25.1 Å². The summed E-state index contributed by atoms with van der Waals surface area (Å²) < 4.78 is 11.1. The van der Waals surface area contributed by atoms with Crippen LogP contribution in [-0.2, 0) is 6.42 Å². The van der Waals surface area contributed by atoms with Crippen LogP contribution in [0.15, 0.2) is 24.4 Å². The van der Waals surface area contributed by atoms with Crippen molar-refractivity contribution in [3.05, 3.63) is 34.8 Å². The fourth-order valence-corrected chi connectivity index (χ4v) is 2.68. The van der Waals surface area contributed by atoms with Gasteiger partial charge in [0.25, 0.3) is 0 Å². The van der Waals surface area contributed by atoms with Crippen molar-refractivity contribution in [3.8, 4) is 11.5 Å². The Bertz CT molecular complexity index is 568. The number of fused-ring (bicyclic) bond motifs is 1. The second-order valence-corrected chi connectivity index (χ2v) is 5.67. The van der Waals surface area contributed by atoms with Gasteiger partial charge >= 0.3 is 0 Å². The summed E-state index contributed by atoms with van der Waals surface area (Å²) in [5.41, 5.74) is 1.24. The molecule has 1 aliphatic heterocycles. The molecule has 0 aliphatic carbocycles. The highest BCUT2D eigenvalue weighted by Crippen LogP contribution is 2.30. The first kappa shape index (κ1) is 12.3. The van der Waals surface area contributed by atoms with Gasteiger partial charge in [-0.1, -0.05) is 6.07 Å². The van der Waals surface area contributed by atoms with Gasteiger partial charge in [0.2, 0.25) is 0 Å². The summed E-state index contributed by atoms with van der Waals surface area (Å²) in [5, 5.41) is 4.31. The van der Waals surface area contributed by atoms with Crippen LogP contribution in [0.25, 0.3) is 0 Å². The van der Waals surface area contributed by atoms with Crippen molar-refractivity contribution in [1.82, 2.24) is 4.98 Å². The molecule has 1 aromatic heterocycles. The number of ether oxygens (including phenoxy) is 2. The lowest BCUT2D eigenvalue weighted by Gasteiger charge is -2.18. The van der Waals surface area contributed by atoms with E-state index in [2.05, 4.69) is 29.4 Å². The predicted molar refractivity (Wildman–Crippen MR) is 76.5 cm³/mol. The third-order valence-electron chi connectivity index (χ3n) is 2.92. The van der Waals surface area contributed by atoms with Gasteiger partial charge in [-0.15, -0.1) is 11.3 Å². The van der Waals surface area contributed by atoms with Crippen LogP contribution in [-0.4, -0.2) is 24.7 Å². The second-order valence-electron chi connectivity index (χ2n) is 4.43. The van der Waals surface area contributed by atoms with Gasteiger partial charge in [0.05, 0.1) is 0 Å². The third-order valence-corrected chi connectivity index (χ3v) is 3.79.